The topological polar surface area (TPSA) is 203 Å². The zero-order valence-corrected chi connectivity index (χ0v) is 21.9. The molecule has 2 heterocycles. The average molecular weight is 555 g/mol. The third kappa shape index (κ3) is 6.50. The molecule has 4 aromatic rings. The van der Waals surface area contributed by atoms with E-state index in [9.17, 15) is 4.79 Å². The summed E-state index contributed by atoms with van der Waals surface area (Å²) in [5.41, 5.74) is 6.01. The molecular weight excluding hydrogens is 527 g/mol. The molecular formula is C25H27FN8O6. The summed E-state index contributed by atoms with van der Waals surface area (Å²) in [6.45, 7) is 1.08. The number of anilines is 1. The van der Waals surface area contributed by atoms with Crippen molar-refractivity contribution < 1.29 is 28.5 Å². The first kappa shape index (κ1) is 29.1. The summed E-state index contributed by atoms with van der Waals surface area (Å²) in [7, 11) is 4.08. The van der Waals surface area contributed by atoms with E-state index in [4.69, 9.17) is 35.3 Å². The van der Waals surface area contributed by atoms with Crippen molar-refractivity contribution in [2.75, 3.05) is 26.6 Å². The van der Waals surface area contributed by atoms with Gasteiger partial charge in [-0.3, -0.25) is 15.2 Å². The van der Waals surface area contributed by atoms with Gasteiger partial charge in [-0.15, -0.1) is 9.78 Å². The van der Waals surface area contributed by atoms with Crippen LogP contribution in [0.2, 0.25) is 0 Å². The van der Waals surface area contributed by atoms with Crippen molar-refractivity contribution in [3.8, 4) is 23.2 Å². The maximum atomic E-state index is 15.8. The van der Waals surface area contributed by atoms with Gasteiger partial charge >= 0.3 is 5.69 Å². The van der Waals surface area contributed by atoms with Crippen molar-refractivity contribution in [3.05, 3.63) is 82.0 Å². The van der Waals surface area contributed by atoms with Crippen LogP contribution in [0.3, 0.4) is 0 Å². The van der Waals surface area contributed by atoms with Gasteiger partial charge in [0.05, 0.1) is 21.3 Å². The van der Waals surface area contributed by atoms with Crippen LogP contribution in [0, 0.1) is 11.2 Å². The molecule has 2 aromatic heterocycles. The van der Waals surface area contributed by atoms with Gasteiger partial charge in [0, 0.05) is 36.1 Å². The Balaban J connectivity index is 0.00000103. The number of aliphatic carboxylic acids is 1. The number of nitrogens with zero attached hydrogens (tertiary/aromatic N) is 4. The summed E-state index contributed by atoms with van der Waals surface area (Å²) in [4.78, 5) is 32.5. The van der Waals surface area contributed by atoms with Gasteiger partial charge in [-0.25, -0.2) is 19.2 Å². The van der Waals surface area contributed by atoms with E-state index >= 15 is 4.39 Å². The molecule has 6 N–H and O–H groups in total. The molecule has 4 rings (SSSR count). The molecule has 0 unspecified atom stereocenters. The molecule has 0 saturated heterocycles. The molecule has 40 heavy (non-hydrogen) atoms. The lowest BCUT2D eigenvalue weighted by Crippen LogP contribution is -2.18. The standard InChI is InChI=1S/C23H23FN8O4.C2H4O2/c1-34-15-11-14(16(24)19(36-3)18(15)35-2)17(29-13-7-5-12(6-8-13)20(25)26)21-30-23(33)32(31-21)22-27-9-4-10-28-22;1-2(3)4/h4-11,17,29H,1-3H3,(H3,25,26)(H,30,31,33);1H3,(H,3,4)/t17-;/m0./s1. The number of benzene rings is 2. The van der Waals surface area contributed by atoms with E-state index in [1.165, 1.54) is 39.8 Å². The number of carboxylic acids is 1. The molecule has 0 spiro atoms. The van der Waals surface area contributed by atoms with Crippen LogP contribution in [-0.4, -0.2) is 63.0 Å². The van der Waals surface area contributed by atoms with Gasteiger partial charge in [0.15, 0.2) is 17.4 Å². The number of amidine groups is 1. The molecule has 0 saturated carbocycles. The number of halogens is 1. The highest BCUT2D eigenvalue weighted by Gasteiger charge is 2.29. The largest absolute Gasteiger partial charge is 0.493 e. The summed E-state index contributed by atoms with van der Waals surface area (Å²) < 4.78 is 32.7. The Bertz CT molecular complexity index is 1540. The van der Waals surface area contributed by atoms with Crippen LogP contribution in [0.1, 0.15) is 29.9 Å². The number of carbonyl (C=O) groups is 1. The monoisotopic (exact) mass is 554 g/mol. The van der Waals surface area contributed by atoms with Crippen LogP contribution >= 0.6 is 0 Å². The molecule has 15 heteroatoms. The Kier molecular flexibility index (Phi) is 9.35. The smallest absolute Gasteiger partial charge is 0.350 e. The van der Waals surface area contributed by atoms with Crippen molar-refractivity contribution in [2.24, 2.45) is 5.73 Å². The Morgan fingerprint density at radius 2 is 1.73 bits per heavy atom. The van der Waals surface area contributed by atoms with E-state index in [1.807, 2.05) is 0 Å². The second-order valence-corrected chi connectivity index (χ2v) is 7.91. The first-order chi connectivity index (χ1) is 19.1. The maximum absolute atomic E-state index is 15.8. The lowest BCUT2D eigenvalue weighted by molar-refractivity contribution is -0.134. The normalized spacial score (nSPS) is 11.0. The molecule has 2 aromatic carbocycles. The fourth-order valence-electron chi connectivity index (χ4n) is 3.56. The predicted molar refractivity (Wildman–Crippen MR) is 142 cm³/mol. The molecule has 0 fully saturated rings. The fraction of sp³-hybridized carbons (Fsp3) is 0.200. The number of nitrogens with one attached hydrogen (secondary N) is 3. The Hall–Kier alpha value is -5.47. The van der Waals surface area contributed by atoms with Crippen molar-refractivity contribution in [1.29, 1.82) is 5.41 Å². The van der Waals surface area contributed by atoms with E-state index in [1.54, 1.807) is 30.3 Å². The summed E-state index contributed by atoms with van der Waals surface area (Å²) in [6.07, 6.45) is 2.93. The van der Waals surface area contributed by atoms with Crippen LogP contribution in [0.5, 0.6) is 17.2 Å². The highest BCUT2D eigenvalue weighted by molar-refractivity contribution is 5.95. The molecule has 0 aliphatic heterocycles. The first-order valence-corrected chi connectivity index (χ1v) is 11.5. The van der Waals surface area contributed by atoms with Crippen LogP contribution in [-0.2, 0) is 4.79 Å². The molecule has 0 aliphatic rings. The van der Waals surface area contributed by atoms with Gasteiger partial charge < -0.3 is 30.4 Å². The molecule has 0 bridgehead atoms. The summed E-state index contributed by atoms with van der Waals surface area (Å²) in [5, 5.41) is 22.5. The number of carboxylic acid groups (broad SMARTS) is 1. The summed E-state index contributed by atoms with van der Waals surface area (Å²) >= 11 is 0. The lowest BCUT2D eigenvalue weighted by atomic mass is 10.0. The predicted octanol–water partition coefficient (Wildman–Crippen LogP) is 2.09. The number of H-pyrrole nitrogens is 1. The number of aromatic amines is 1. The number of nitrogens with two attached hydrogens (primary N) is 1. The quantitative estimate of drug-likeness (QED) is 0.150. The second-order valence-electron chi connectivity index (χ2n) is 7.91. The minimum absolute atomic E-state index is 0.0416. The van der Waals surface area contributed by atoms with E-state index in [0.29, 0.717) is 11.3 Å². The minimum Gasteiger partial charge on any atom is -0.493 e. The first-order valence-electron chi connectivity index (χ1n) is 11.5. The van der Waals surface area contributed by atoms with Crippen LogP contribution in [0.25, 0.3) is 5.95 Å². The molecule has 1 atom stereocenters. The SMILES string of the molecule is CC(=O)O.COc1cc([C@H](Nc2ccc(C(=N)N)cc2)c2nn(-c3ncccn3)c(=O)[nH]2)c(F)c(OC)c1OC. The molecule has 0 amide bonds. The summed E-state index contributed by atoms with van der Waals surface area (Å²) in [6, 6.07) is 8.58. The van der Waals surface area contributed by atoms with E-state index < -0.39 is 23.5 Å². The average Bonchev–Trinajstić information content (AvgIpc) is 3.33. The Labute approximate surface area is 227 Å². The Morgan fingerprint density at radius 1 is 1.12 bits per heavy atom. The van der Waals surface area contributed by atoms with Crippen LogP contribution < -0.4 is 31.0 Å². The van der Waals surface area contributed by atoms with Gasteiger partial charge in [0.25, 0.3) is 11.9 Å². The molecule has 0 radical (unpaired) electrons. The number of hydrogen-bond acceptors (Lipinski definition) is 10. The number of methoxy groups -OCH3 is 3. The second kappa shape index (κ2) is 12.9. The minimum atomic E-state index is -1.03. The van der Waals surface area contributed by atoms with Gasteiger partial charge in [0.1, 0.15) is 11.9 Å². The zero-order chi connectivity index (χ0) is 29.4. The molecule has 210 valence electrons. The van der Waals surface area contributed by atoms with Gasteiger partial charge in [0.2, 0.25) is 11.5 Å². The van der Waals surface area contributed by atoms with Gasteiger partial charge in [-0.1, -0.05) is 0 Å². The zero-order valence-electron chi connectivity index (χ0n) is 21.9. The van der Waals surface area contributed by atoms with Crippen LogP contribution in [0.15, 0.2) is 53.6 Å². The lowest BCUT2D eigenvalue weighted by Gasteiger charge is -2.22. The number of rotatable bonds is 9. The van der Waals surface area contributed by atoms with Gasteiger partial charge in [-0.2, -0.15) is 0 Å². The van der Waals surface area contributed by atoms with Gasteiger partial charge in [-0.05, 0) is 36.4 Å². The number of hydrogen-bond donors (Lipinski definition) is 5. The van der Waals surface area contributed by atoms with E-state index in [0.717, 1.165) is 11.6 Å². The van der Waals surface area contributed by atoms with Crippen LogP contribution in [0.4, 0.5) is 10.1 Å². The molecule has 0 aliphatic carbocycles. The number of aromatic nitrogens is 5. The van der Waals surface area contributed by atoms with Crippen molar-refractivity contribution in [2.45, 2.75) is 13.0 Å². The van der Waals surface area contributed by atoms with Crippen molar-refractivity contribution >= 4 is 17.5 Å². The maximum Gasteiger partial charge on any atom is 0.350 e. The number of nitrogen functional groups attached to an aromatic ring is 1. The third-order valence-electron chi connectivity index (χ3n) is 5.27. The molecule has 14 nitrogen and oxygen atoms in total. The number of ether oxygens (including phenoxy) is 3. The van der Waals surface area contributed by atoms with Crippen molar-refractivity contribution in [3.63, 3.8) is 0 Å². The third-order valence-corrected chi connectivity index (χ3v) is 5.27. The van der Waals surface area contributed by atoms with E-state index in [2.05, 4.69) is 25.4 Å². The highest BCUT2D eigenvalue weighted by atomic mass is 19.1. The summed E-state index contributed by atoms with van der Waals surface area (Å²) in [5.74, 6) is -1.48. The fourth-order valence-corrected chi connectivity index (χ4v) is 3.56. The van der Waals surface area contributed by atoms with Crippen molar-refractivity contribution in [1.82, 2.24) is 24.7 Å². The van der Waals surface area contributed by atoms with E-state index in [-0.39, 0.29) is 40.4 Å². The Morgan fingerprint density at radius 3 is 2.25 bits per heavy atom. The highest BCUT2D eigenvalue weighted by Crippen LogP contribution is 2.43.